The van der Waals surface area contributed by atoms with E-state index in [9.17, 15) is 9.90 Å². The number of quaternary nitrogens is 1. The van der Waals surface area contributed by atoms with Crippen LogP contribution in [0.1, 0.15) is 77.0 Å². The van der Waals surface area contributed by atoms with E-state index in [0.717, 1.165) is 25.0 Å². The highest BCUT2D eigenvalue weighted by Crippen LogP contribution is 2.20. The lowest BCUT2D eigenvalue weighted by molar-refractivity contribution is -0.952. The third-order valence-corrected chi connectivity index (χ3v) is 5.11. The summed E-state index contributed by atoms with van der Waals surface area (Å²) in [6.45, 7) is 1.04. The van der Waals surface area contributed by atoms with Gasteiger partial charge in [-0.1, -0.05) is 12.8 Å². The minimum atomic E-state index is -0.883. The molecule has 3 nitrogen and oxygen atoms in total. The molecule has 3 heteroatoms. The van der Waals surface area contributed by atoms with E-state index in [0.29, 0.717) is 0 Å². The normalized spacial score (nSPS) is 22.8. The lowest BCUT2D eigenvalue weighted by Crippen LogP contribution is -3.19. The summed E-state index contributed by atoms with van der Waals surface area (Å²) in [5.41, 5.74) is 0. The van der Waals surface area contributed by atoms with Crippen LogP contribution in [0.4, 0.5) is 0 Å². The first-order valence-corrected chi connectivity index (χ1v) is 8.33. The zero-order valence-corrected chi connectivity index (χ0v) is 12.2. The Morgan fingerprint density at radius 3 is 1.79 bits per heavy atom. The van der Waals surface area contributed by atoms with E-state index in [1.165, 1.54) is 64.2 Å². The van der Waals surface area contributed by atoms with Gasteiger partial charge in [-0.25, -0.2) is 0 Å². The van der Waals surface area contributed by atoms with Crippen LogP contribution < -0.4 is 10.0 Å². The number of hydrogen-bond donors (Lipinski definition) is 1. The Hall–Kier alpha value is -0.570. The third-order valence-electron chi connectivity index (χ3n) is 5.11. The summed E-state index contributed by atoms with van der Waals surface area (Å²) in [7, 11) is 0. The second-order valence-electron chi connectivity index (χ2n) is 6.47. The van der Waals surface area contributed by atoms with Gasteiger partial charge in [-0.2, -0.15) is 0 Å². The Kier molecular flexibility index (Phi) is 6.15. The molecule has 19 heavy (non-hydrogen) atoms. The monoisotopic (exact) mass is 267 g/mol. The summed E-state index contributed by atoms with van der Waals surface area (Å²) in [4.78, 5) is 12.3. The van der Waals surface area contributed by atoms with Gasteiger partial charge in [0.15, 0.2) is 0 Å². The Bertz CT molecular complexity index is 250. The molecule has 2 fully saturated rings. The topological polar surface area (TPSA) is 44.6 Å². The molecule has 110 valence electrons. The van der Waals surface area contributed by atoms with E-state index < -0.39 is 5.97 Å². The number of carbonyl (C=O) groups is 1. The molecule has 0 unspecified atom stereocenters. The van der Waals surface area contributed by atoms with Gasteiger partial charge in [-0.3, -0.25) is 0 Å². The fourth-order valence-corrected chi connectivity index (χ4v) is 4.13. The molecule has 0 radical (unpaired) electrons. The van der Waals surface area contributed by atoms with Crippen molar-refractivity contribution in [1.29, 1.82) is 0 Å². The maximum atomic E-state index is 10.6. The minimum absolute atomic E-state index is 0.239. The molecule has 2 rings (SSSR count). The zero-order valence-electron chi connectivity index (χ0n) is 12.2. The molecule has 0 atom stereocenters. The van der Waals surface area contributed by atoms with Crippen LogP contribution in [0, 0.1) is 0 Å². The summed E-state index contributed by atoms with van der Waals surface area (Å²) >= 11 is 0. The lowest BCUT2D eigenvalue weighted by atomic mass is 9.88. The highest BCUT2D eigenvalue weighted by Gasteiger charge is 2.31. The van der Waals surface area contributed by atoms with Gasteiger partial charge in [0.1, 0.15) is 0 Å². The summed E-state index contributed by atoms with van der Waals surface area (Å²) in [6.07, 6.45) is 14.8. The van der Waals surface area contributed by atoms with Gasteiger partial charge in [-0.15, -0.1) is 0 Å². The van der Waals surface area contributed by atoms with Gasteiger partial charge < -0.3 is 14.8 Å². The van der Waals surface area contributed by atoms with Gasteiger partial charge in [0.05, 0.1) is 18.6 Å². The zero-order chi connectivity index (χ0) is 13.5. The number of carboxylic acid groups (broad SMARTS) is 1. The molecule has 2 aliphatic rings. The van der Waals surface area contributed by atoms with Crippen LogP contribution in [0.3, 0.4) is 0 Å². The van der Waals surface area contributed by atoms with Crippen molar-refractivity contribution in [1.82, 2.24) is 0 Å². The van der Waals surface area contributed by atoms with Gasteiger partial charge in [-0.05, 0) is 57.8 Å². The molecule has 0 heterocycles. The van der Waals surface area contributed by atoms with Gasteiger partial charge in [0.2, 0.25) is 0 Å². The quantitative estimate of drug-likeness (QED) is 0.782. The maximum absolute atomic E-state index is 10.6. The van der Waals surface area contributed by atoms with Crippen LogP contribution in [0.25, 0.3) is 0 Å². The van der Waals surface area contributed by atoms with Gasteiger partial charge in [0.25, 0.3) is 0 Å². The minimum Gasteiger partial charge on any atom is -0.550 e. The summed E-state index contributed by atoms with van der Waals surface area (Å²) < 4.78 is 0. The average Bonchev–Trinajstić information content (AvgIpc) is 2.45. The van der Waals surface area contributed by atoms with Crippen molar-refractivity contribution in [3.05, 3.63) is 0 Å². The number of hydrogen-bond acceptors (Lipinski definition) is 2. The predicted molar refractivity (Wildman–Crippen MR) is 73.8 cm³/mol. The smallest absolute Gasteiger partial charge is 0.0876 e. The summed E-state index contributed by atoms with van der Waals surface area (Å²) in [5.74, 6) is -0.883. The molecule has 0 aromatic carbocycles. The number of carbonyl (C=O) groups excluding carboxylic acids is 1. The Labute approximate surface area is 117 Å². The Morgan fingerprint density at radius 1 is 0.895 bits per heavy atom. The van der Waals surface area contributed by atoms with Crippen LogP contribution in [0.15, 0.2) is 0 Å². The lowest BCUT2D eigenvalue weighted by Gasteiger charge is -2.38. The van der Waals surface area contributed by atoms with E-state index in [1.54, 1.807) is 4.90 Å². The van der Waals surface area contributed by atoms with E-state index in [2.05, 4.69) is 0 Å². The van der Waals surface area contributed by atoms with Crippen molar-refractivity contribution < 1.29 is 14.8 Å². The fourth-order valence-electron chi connectivity index (χ4n) is 4.13. The summed E-state index contributed by atoms with van der Waals surface area (Å²) in [6, 6.07) is 1.61. The van der Waals surface area contributed by atoms with E-state index in [1.807, 2.05) is 0 Å². The molecule has 2 aliphatic carbocycles. The fraction of sp³-hybridized carbons (Fsp3) is 0.938. The number of aliphatic carboxylic acids is 1. The van der Waals surface area contributed by atoms with Crippen LogP contribution >= 0.6 is 0 Å². The molecule has 0 spiro atoms. The molecule has 0 aromatic heterocycles. The molecule has 0 saturated heterocycles. The Morgan fingerprint density at radius 2 is 1.37 bits per heavy atom. The average molecular weight is 267 g/mol. The number of rotatable bonds is 6. The third kappa shape index (κ3) is 4.79. The molecule has 0 bridgehead atoms. The highest BCUT2D eigenvalue weighted by atomic mass is 16.4. The van der Waals surface area contributed by atoms with Crippen LogP contribution in [0.2, 0.25) is 0 Å². The van der Waals surface area contributed by atoms with Crippen LogP contribution in [-0.4, -0.2) is 24.6 Å². The molecular formula is C16H29NO2. The molecule has 0 aromatic rings. The molecule has 2 saturated carbocycles. The molecule has 0 amide bonds. The van der Waals surface area contributed by atoms with Crippen molar-refractivity contribution in [2.45, 2.75) is 89.1 Å². The largest absolute Gasteiger partial charge is 0.550 e. The number of nitrogens with one attached hydrogen (secondary N) is 1. The van der Waals surface area contributed by atoms with Crippen molar-refractivity contribution in [2.75, 3.05) is 6.54 Å². The predicted octanol–water partition coefficient (Wildman–Crippen LogP) is 1.07. The number of carboxylic acids is 1. The second kappa shape index (κ2) is 7.88. The highest BCUT2D eigenvalue weighted by molar-refractivity contribution is 5.64. The SMILES string of the molecule is O=C([O-])CCC[NH+](C1CCCCC1)C1CCCCC1. The van der Waals surface area contributed by atoms with Crippen molar-refractivity contribution in [3.8, 4) is 0 Å². The first-order chi connectivity index (χ1) is 9.27. The van der Waals surface area contributed by atoms with E-state index in [4.69, 9.17) is 0 Å². The van der Waals surface area contributed by atoms with Crippen LogP contribution in [-0.2, 0) is 4.79 Å². The standard InChI is InChI=1S/C16H29NO2/c18-16(19)12-7-13-17(14-8-3-1-4-9-14)15-10-5-2-6-11-15/h14-15H,1-13H2,(H,18,19). The molecule has 1 N–H and O–H groups in total. The Balaban J connectivity index is 1.88. The molecule has 0 aliphatic heterocycles. The van der Waals surface area contributed by atoms with Crippen molar-refractivity contribution in [3.63, 3.8) is 0 Å². The van der Waals surface area contributed by atoms with E-state index in [-0.39, 0.29) is 6.42 Å². The summed E-state index contributed by atoms with van der Waals surface area (Å²) in [5, 5.41) is 10.6. The maximum Gasteiger partial charge on any atom is 0.0876 e. The van der Waals surface area contributed by atoms with Crippen molar-refractivity contribution >= 4 is 5.97 Å². The molecular weight excluding hydrogens is 238 g/mol. The first kappa shape index (κ1) is 14.8. The van der Waals surface area contributed by atoms with Crippen LogP contribution in [0.5, 0.6) is 0 Å². The van der Waals surface area contributed by atoms with E-state index >= 15 is 0 Å². The van der Waals surface area contributed by atoms with Crippen molar-refractivity contribution in [2.24, 2.45) is 0 Å². The van der Waals surface area contributed by atoms with Gasteiger partial charge >= 0.3 is 0 Å². The second-order valence-corrected chi connectivity index (χ2v) is 6.47. The first-order valence-electron chi connectivity index (χ1n) is 8.33. The van der Waals surface area contributed by atoms with Gasteiger partial charge in [0, 0.05) is 12.4 Å².